The SMILES string of the molecule is C.O.O[Si](O)(O)O.[Fe]. The van der Waals surface area contributed by atoms with Gasteiger partial charge in [-0.3, -0.25) is 0 Å². The van der Waals surface area contributed by atoms with E-state index in [1.54, 1.807) is 0 Å². The molecule has 0 aliphatic carbocycles. The Morgan fingerprint density at radius 1 is 0.875 bits per heavy atom. The molecule has 0 rings (SSSR count). The van der Waals surface area contributed by atoms with Crippen molar-refractivity contribution in [1.82, 2.24) is 0 Å². The standard InChI is InChI=1S/CH4.Fe.H4O4Si.H2O/c;;1-5(2,3)4;/h1H4;;1-4H;1H2. The van der Waals surface area contributed by atoms with Crippen LogP contribution in [-0.2, 0) is 17.1 Å². The zero-order chi connectivity index (χ0) is 4.50. The van der Waals surface area contributed by atoms with Crippen LogP contribution in [0.25, 0.3) is 0 Å². The van der Waals surface area contributed by atoms with Crippen LogP contribution in [0.5, 0.6) is 0 Å². The van der Waals surface area contributed by atoms with Crippen LogP contribution in [0.2, 0.25) is 0 Å². The van der Waals surface area contributed by atoms with Gasteiger partial charge in [-0.1, -0.05) is 7.43 Å². The smallest absolute Gasteiger partial charge is 0.412 e. The molecule has 0 unspecified atom stereocenters. The van der Waals surface area contributed by atoms with Crippen LogP contribution in [-0.4, -0.2) is 33.7 Å². The molecule has 0 amide bonds. The van der Waals surface area contributed by atoms with Crippen LogP contribution in [0, 0.1) is 0 Å². The van der Waals surface area contributed by atoms with E-state index in [1.807, 2.05) is 0 Å². The molecule has 0 aromatic rings. The van der Waals surface area contributed by atoms with Crippen molar-refractivity contribution < 1.29 is 41.7 Å². The average molecular weight is 186 g/mol. The summed E-state index contributed by atoms with van der Waals surface area (Å²) >= 11 is 0. The monoisotopic (exact) mass is 186 g/mol. The maximum absolute atomic E-state index is 7.33. The molecule has 0 saturated carbocycles. The first-order chi connectivity index (χ1) is 2.00. The van der Waals surface area contributed by atoms with Gasteiger partial charge in [-0.05, 0) is 0 Å². The van der Waals surface area contributed by atoms with Crippen molar-refractivity contribution in [3.05, 3.63) is 0 Å². The van der Waals surface area contributed by atoms with Gasteiger partial charge in [0.1, 0.15) is 0 Å². The molecule has 0 spiro atoms. The molecule has 0 atom stereocenters. The minimum Gasteiger partial charge on any atom is -0.412 e. The van der Waals surface area contributed by atoms with E-state index in [4.69, 9.17) is 19.2 Å². The summed E-state index contributed by atoms with van der Waals surface area (Å²) in [7, 11) is -4.61. The molecule has 0 heterocycles. The van der Waals surface area contributed by atoms with Crippen molar-refractivity contribution in [2.45, 2.75) is 7.43 Å². The fraction of sp³-hybridized carbons (Fsp3) is 1.00. The first-order valence-electron chi connectivity index (χ1n) is 0.894. The van der Waals surface area contributed by atoms with Crippen molar-refractivity contribution in [3.8, 4) is 0 Å². The van der Waals surface area contributed by atoms with E-state index in [-0.39, 0.29) is 30.0 Å². The second kappa shape index (κ2) is 7.54. The van der Waals surface area contributed by atoms with E-state index >= 15 is 0 Å². The molecular weight excluding hydrogens is 176 g/mol. The second-order valence-corrected chi connectivity index (χ2v) is 1.80. The van der Waals surface area contributed by atoms with Gasteiger partial charge >= 0.3 is 9.05 Å². The van der Waals surface area contributed by atoms with Gasteiger partial charge in [-0.15, -0.1) is 0 Å². The Morgan fingerprint density at radius 2 is 0.875 bits per heavy atom. The Balaban J connectivity index is -0.0000000267. The minimum absolute atomic E-state index is 0. The van der Waals surface area contributed by atoms with Crippen molar-refractivity contribution >= 4 is 9.05 Å². The van der Waals surface area contributed by atoms with Gasteiger partial charge in [0.05, 0.1) is 0 Å². The normalized spacial score (nSPS) is 7.50. The summed E-state index contributed by atoms with van der Waals surface area (Å²) in [5, 5.41) is 0. The Labute approximate surface area is 58.9 Å². The Kier molecular flexibility index (Phi) is 22.2. The van der Waals surface area contributed by atoms with Crippen molar-refractivity contribution in [2.24, 2.45) is 0 Å². The van der Waals surface area contributed by atoms with E-state index in [2.05, 4.69) is 0 Å². The third kappa shape index (κ3) is 696. The van der Waals surface area contributed by atoms with E-state index in [1.165, 1.54) is 0 Å². The van der Waals surface area contributed by atoms with E-state index in [0.717, 1.165) is 0 Å². The fourth-order valence-electron chi connectivity index (χ4n) is 0. The third-order valence-electron chi connectivity index (χ3n) is 0. The molecule has 5 nitrogen and oxygen atoms in total. The molecule has 6 N–H and O–H groups in total. The van der Waals surface area contributed by atoms with Crippen molar-refractivity contribution in [1.29, 1.82) is 0 Å². The zero-order valence-electron chi connectivity index (χ0n) is 3.14. The summed E-state index contributed by atoms with van der Waals surface area (Å²) in [4.78, 5) is 29.3. The summed E-state index contributed by atoms with van der Waals surface area (Å²) in [5.74, 6) is 0. The van der Waals surface area contributed by atoms with Crippen LogP contribution < -0.4 is 0 Å². The molecule has 0 fully saturated rings. The van der Waals surface area contributed by atoms with Gasteiger partial charge in [-0.25, -0.2) is 0 Å². The Hall–Kier alpha value is 0.536. The molecule has 0 radical (unpaired) electrons. The van der Waals surface area contributed by atoms with Crippen LogP contribution in [0.3, 0.4) is 0 Å². The summed E-state index contributed by atoms with van der Waals surface area (Å²) in [6.45, 7) is 0. The Bertz CT molecular complexity index is 27.9. The number of rotatable bonds is 0. The largest absolute Gasteiger partial charge is 0.668 e. The zero-order valence-corrected chi connectivity index (χ0v) is 5.25. The molecule has 0 aromatic heterocycles. The first kappa shape index (κ1) is 23.6. The van der Waals surface area contributed by atoms with Gasteiger partial charge < -0.3 is 24.7 Å². The fourth-order valence-corrected chi connectivity index (χ4v) is 0. The molecule has 8 heavy (non-hydrogen) atoms. The maximum atomic E-state index is 7.33. The van der Waals surface area contributed by atoms with Crippen molar-refractivity contribution in [2.75, 3.05) is 0 Å². The third-order valence-corrected chi connectivity index (χ3v) is 0. The molecular formula is CH10FeO5Si. The molecule has 0 aromatic carbocycles. The molecule has 0 aliphatic rings. The molecule has 0 bridgehead atoms. The maximum Gasteiger partial charge on any atom is 0.668 e. The molecule has 0 aliphatic heterocycles. The predicted octanol–water partition coefficient (Wildman–Crippen LogP) is -2.80. The van der Waals surface area contributed by atoms with Crippen LogP contribution in [0.1, 0.15) is 7.43 Å². The first-order valence-corrected chi connectivity index (χ1v) is 2.68. The molecule has 7 heteroatoms. The van der Waals surface area contributed by atoms with Gasteiger partial charge in [0.2, 0.25) is 0 Å². The number of hydrogen-bond acceptors (Lipinski definition) is 4. The van der Waals surface area contributed by atoms with E-state index in [9.17, 15) is 0 Å². The van der Waals surface area contributed by atoms with Gasteiger partial charge in [0, 0.05) is 17.1 Å². The summed E-state index contributed by atoms with van der Waals surface area (Å²) in [6, 6.07) is 0. The van der Waals surface area contributed by atoms with Crippen LogP contribution >= 0.6 is 0 Å². The van der Waals surface area contributed by atoms with Crippen molar-refractivity contribution in [3.63, 3.8) is 0 Å². The number of hydrogen-bond donors (Lipinski definition) is 4. The van der Waals surface area contributed by atoms with E-state index in [0.29, 0.717) is 0 Å². The molecule has 56 valence electrons. The second-order valence-electron chi connectivity index (χ2n) is 0.600. The summed E-state index contributed by atoms with van der Waals surface area (Å²) < 4.78 is 0. The van der Waals surface area contributed by atoms with Gasteiger partial charge in [0.15, 0.2) is 0 Å². The average Bonchev–Trinajstić information content (AvgIpc) is 0.722. The Morgan fingerprint density at radius 3 is 0.875 bits per heavy atom. The summed E-state index contributed by atoms with van der Waals surface area (Å²) in [5.41, 5.74) is 0. The summed E-state index contributed by atoms with van der Waals surface area (Å²) in [6.07, 6.45) is 0. The van der Waals surface area contributed by atoms with Crippen LogP contribution in [0.15, 0.2) is 0 Å². The minimum atomic E-state index is -4.61. The molecule has 0 saturated heterocycles. The van der Waals surface area contributed by atoms with Crippen LogP contribution in [0.4, 0.5) is 0 Å². The topological polar surface area (TPSA) is 112 Å². The van der Waals surface area contributed by atoms with Gasteiger partial charge in [-0.2, -0.15) is 0 Å². The van der Waals surface area contributed by atoms with Gasteiger partial charge in [0.25, 0.3) is 0 Å². The predicted molar refractivity (Wildman–Crippen MR) is 25.0 cm³/mol. The van der Waals surface area contributed by atoms with E-state index < -0.39 is 9.05 Å². The quantitative estimate of drug-likeness (QED) is 0.306.